The first-order valence-electron chi connectivity index (χ1n) is 9.86. The highest BCUT2D eigenvalue weighted by molar-refractivity contribution is 8.18. The number of rotatable bonds is 7. The minimum Gasteiger partial charge on any atom is -0.493 e. The lowest BCUT2D eigenvalue weighted by molar-refractivity contribution is -0.139. The van der Waals surface area contributed by atoms with Crippen molar-refractivity contribution in [2.24, 2.45) is 0 Å². The van der Waals surface area contributed by atoms with E-state index in [1.54, 1.807) is 29.2 Å². The Kier molecular flexibility index (Phi) is 7.38. The van der Waals surface area contributed by atoms with Crippen molar-refractivity contribution in [3.63, 3.8) is 0 Å². The van der Waals surface area contributed by atoms with Crippen LogP contribution in [-0.4, -0.2) is 71.9 Å². The highest BCUT2D eigenvalue weighted by Gasteiger charge is 2.38. The lowest BCUT2D eigenvalue weighted by atomic mass is 9.99. The van der Waals surface area contributed by atoms with Crippen molar-refractivity contribution in [3.05, 3.63) is 28.7 Å². The van der Waals surface area contributed by atoms with Crippen LogP contribution in [0, 0.1) is 0 Å². The topological polar surface area (TPSA) is 96.4 Å². The first-order chi connectivity index (χ1) is 14.5. The van der Waals surface area contributed by atoms with Crippen molar-refractivity contribution in [1.29, 1.82) is 0 Å². The molecule has 1 aromatic carbocycles. The van der Waals surface area contributed by atoms with E-state index in [0.717, 1.165) is 35.9 Å². The number of aliphatic hydroxyl groups excluding tert-OH is 1. The van der Waals surface area contributed by atoms with Crippen molar-refractivity contribution in [2.45, 2.75) is 31.7 Å². The number of ether oxygens (including phenoxy) is 2. The number of imide groups is 1. The molecule has 0 aliphatic carbocycles. The monoisotopic (exact) mass is 434 g/mol. The van der Waals surface area contributed by atoms with Gasteiger partial charge in [-0.3, -0.25) is 19.3 Å². The first kappa shape index (κ1) is 22.2. The molecule has 2 heterocycles. The van der Waals surface area contributed by atoms with Gasteiger partial charge in [0, 0.05) is 19.2 Å². The third kappa shape index (κ3) is 4.79. The summed E-state index contributed by atoms with van der Waals surface area (Å²) in [6, 6.07) is 5.15. The molecule has 0 spiro atoms. The highest BCUT2D eigenvalue weighted by Crippen LogP contribution is 2.34. The number of benzene rings is 1. The van der Waals surface area contributed by atoms with Gasteiger partial charge in [0.15, 0.2) is 11.5 Å². The number of aliphatic hydroxyl groups is 1. The Bertz CT molecular complexity index is 854. The number of nitrogens with zero attached hydrogens (tertiary/aromatic N) is 2. The zero-order chi connectivity index (χ0) is 21.7. The van der Waals surface area contributed by atoms with Crippen LogP contribution < -0.4 is 9.47 Å². The summed E-state index contributed by atoms with van der Waals surface area (Å²) in [6.07, 6.45) is 4.83. The van der Waals surface area contributed by atoms with Crippen molar-refractivity contribution < 1.29 is 29.0 Å². The Hall–Kier alpha value is -2.52. The molecular formula is C21H26N2O6S. The normalized spacial score (nSPS) is 20.8. The maximum Gasteiger partial charge on any atom is 0.294 e. The Morgan fingerprint density at radius 2 is 2.00 bits per heavy atom. The van der Waals surface area contributed by atoms with Gasteiger partial charge >= 0.3 is 0 Å². The fraction of sp³-hybridized carbons (Fsp3) is 0.476. The molecule has 2 saturated heterocycles. The molecule has 30 heavy (non-hydrogen) atoms. The number of piperidine rings is 1. The van der Waals surface area contributed by atoms with E-state index in [0.29, 0.717) is 30.0 Å². The average Bonchev–Trinajstić information content (AvgIpc) is 3.01. The molecule has 2 aliphatic heterocycles. The minimum absolute atomic E-state index is 0.00405. The molecule has 1 atom stereocenters. The van der Waals surface area contributed by atoms with Gasteiger partial charge in [-0.25, -0.2) is 0 Å². The van der Waals surface area contributed by atoms with Gasteiger partial charge in [0.05, 0.1) is 19.1 Å². The zero-order valence-corrected chi connectivity index (χ0v) is 17.9. The molecule has 162 valence electrons. The number of hydrogen-bond acceptors (Lipinski definition) is 7. The van der Waals surface area contributed by atoms with Crippen LogP contribution in [0.2, 0.25) is 0 Å². The standard InChI is InChI=1S/C21H26N2O6S/c1-28-16-7-6-14(11-17(16)29-2)12-18-20(26)23(21(27)30-18)13-19(25)22-9-4-3-5-15(22)8-10-24/h6-7,11-12,15,24H,3-5,8-10,13H2,1-2H3/b18-12-/t15-/m1/s1. The van der Waals surface area contributed by atoms with E-state index < -0.39 is 11.1 Å². The number of likely N-dealkylation sites (tertiary alicyclic amines) is 1. The van der Waals surface area contributed by atoms with Crippen molar-refractivity contribution >= 4 is 34.9 Å². The summed E-state index contributed by atoms with van der Waals surface area (Å²) in [5.74, 6) is 0.333. The van der Waals surface area contributed by atoms with Crippen LogP contribution in [0.1, 0.15) is 31.2 Å². The van der Waals surface area contributed by atoms with Gasteiger partial charge in [0.25, 0.3) is 11.1 Å². The SMILES string of the molecule is COc1ccc(/C=C2\SC(=O)N(CC(=O)N3CCCC[C@@H]3CCO)C2=O)cc1OC. The smallest absolute Gasteiger partial charge is 0.294 e. The van der Waals surface area contributed by atoms with E-state index in [1.165, 1.54) is 14.2 Å². The molecule has 3 amide bonds. The summed E-state index contributed by atoms with van der Waals surface area (Å²) < 4.78 is 10.5. The van der Waals surface area contributed by atoms with Gasteiger partial charge in [-0.15, -0.1) is 0 Å². The number of carbonyl (C=O) groups is 3. The molecule has 9 heteroatoms. The summed E-state index contributed by atoms with van der Waals surface area (Å²) in [5.41, 5.74) is 0.684. The summed E-state index contributed by atoms with van der Waals surface area (Å²) >= 11 is 0.815. The van der Waals surface area contributed by atoms with E-state index in [1.807, 2.05) is 0 Å². The number of amides is 3. The third-order valence-corrected chi connectivity index (χ3v) is 6.19. The van der Waals surface area contributed by atoms with E-state index in [9.17, 15) is 19.5 Å². The highest BCUT2D eigenvalue weighted by atomic mass is 32.2. The van der Waals surface area contributed by atoms with E-state index >= 15 is 0 Å². The zero-order valence-electron chi connectivity index (χ0n) is 17.1. The summed E-state index contributed by atoms with van der Waals surface area (Å²) in [4.78, 5) is 40.9. The minimum atomic E-state index is -0.483. The second kappa shape index (κ2) is 9.99. The van der Waals surface area contributed by atoms with Crippen molar-refractivity contribution in [3.8, 4) is 11.5 Å². The molecule has 1 aromatic rings. The fourth-order valence-corrected chi connectivity index (χ4v) is 4.57. The van der Waals surface area contributed by atoms with Crippen LogP contribution in [0.4, 0.5) is 4.79 Å². The molecule has 0 radical (unpaired) electrons. The number of carbonyl (C=O) groups excluding carboxylic acids is 3. The van der Waals surface area contributed by atoms with Gasteiger partial charge in [0.2, 0.25) is 5.91 Å². The number of hydrogen-bond donors (Lipinski definition) is 1. The lowest BCUT2D eigenvalue weighted by Gasteiger charge is -2.36. The predicted molar refractivity (Wildman–Crippen MR) is 113 cm³/mol. The van der Waals surface area contributed by atoms with Gasteiger partial charge in [0.1, 0.15) is 6.54 Å². The van der Waals surface area contributed by atoms with Crippen LogP contribution in [0.3, 0.4) is 0 Å². The Balaban J connectivity index is 1.73. The van der Waals surface area contributed by atoms with Gasteiger partial charge < -0.3 is 19.5 Å². The van der Waals surface area contributed by atoms with Crippen LogP contribution >= 0.6 is 11.8 Å². The first-order valence-corrected chi connectivity index (χ1v) is 10.7. The van der Waals surface area contributed by atoms with Crippen LogP contribution in [0.5, 0.6) is 11.5 Å². The Morgan fingerprint density at radius 1 is 1.23 bits per heavy atom. The van der Waals surface area contributed by atoms with Crippen LogP contribution in [0.25, 0.3) is 6.08 Å². The predicted octanol–water partition coefficient (Wildman–Crippen LogP) is 2.50. The fourth-order valence-electron chi connectivity index (χ4n) is 3.73. The van der Waals surface area contributed by atoms with Crippen LogP contribution in [0.15, 0.2) is 23.1 Å². The molecule has 0 saturated carbocycles. The molecule has 0 aromatic heterocycles. The van der Waals surface area contributed by atoms with Crippen molar-refractivity contribution in [1.82, 2.24) is 9.80 Å². The van der Waals surface area contributed by atoms with Gasteiger partial charge in [-0.2, -0.15) is 0 Å². The number of thioether (sulfide) groups is 1. The second-order valence-electron chi connectivity index (χ2n) is 7.13. The summed E-state index contributed by atoms with van der Waals surface area (Å²) in [6.45, 7) is 0.307. The van der Waals surface area contributed by atoms with E-state index in [4.69, 9.17) is 9.47 Å². The van der Waals surface area contributed by atoms with Gasteiger partial charge in [-0.1, -0.05) is 6.07 Å². The molecule has 2 aliphatic rings. The molecule has 0 unspecified atom stereocenters. The maximum atomic E-state index is 12.8. The molecule has 1 N–H and O–H groups in total. The molecule has 0 bridgehead atoms. The van der Waals surface area contributed by atoms with Crippen LogP contribution in [-0.2, 0) is 9.59 Å². The van der Waals surface area contributed by atoms with E-state index in [2.05, 4.69) is 0 Å². The summed E-state index contributed by atoms with van der Waals surface area (Å²) in [5, 5.41) is 8.79. The van der Waals surface area contributed by atoms with Gasteiger partial charge in [-0.05, 0) is 61.2 Å². The Labute approximate surface area is 179 Å². The largest absolute Gasteiger partial charge is 0.493 e. The quantitative estimate of drug-likeness (QED) is 0.659. The summed E-state index contributed by atoms with van der Waals surface area (Å²) in [7, 11) is 3.05. The Morgan fingerprint density at radius 3 is 2.70 bits per heavy atom. The third-order valence-electron chi connectivity index (χ3n) is 5.28. The lowest BCUT2D eigenvalue weighted by Crippen LogP contribution is -2.49. The maximum absolute atomic E-state index is 12.8. The second-order valence-corrected chi connectivity index (χ2v) is 8.12. The average molecular weight is 435 g/mol. The molecular weight excluding hydrogens is 408 g/mol. The molecule has 8 nitrogen and oxygen atoms in total. The molecule has 3 rings (SSSR count). The van der Waals surface area contributed by atoms with E-state index in [-0.39, 0.29) is 30.0 Å². The number of methoxy groups -OCH3 is 2. The van der Waals surface area contributed by atoms with Crippen molar-refractivity contribution in [2.75, 3.05) is 33.9 Å². The molecule has 2 fully saturated rings.